The quantitative estimate of drug-likeness (QED) is 0.838. The molecule has 0 aliphatic carbocycles. The lowest BCUT2D eigenvalue weighted by molar-refractivity contribution is 0.431. The molecule has 23 heavy (non-hydrogen) atoms. The topological polar surface area (TPSA) is 90.8 Å². The first kappa shape index (κ1) is 17.3. The van der Waals surface area contributed by atoms with Gasteiger partial charge in [-0.2, -0.15) is 10.2 Å². The number of thioether (sulfide) groups is 1. The number of hydrazone groups is 1. The van der Waals surface area contributed by atoms with E-state index in [1.54, 1.807) is 11.9 Å². The first-order valence-electron chi connectivity index (χ1n) is 7.06. The minimum absolute atomic E-state index is 0.0101. The minimum atomic E-state index is -0.629. The van der Waals surface area contributed by atoms with Crippen molar-refractivity contribution in [3.05, 3.63) is 27.8 Å². The summed E-state index contributed by atoms with van der Waals surface area (Å²) >= 11 is 1.40. The number of hydrogen-bond donors (Lipinski definition) is 1. The van der Waals surface area contributed by atoms with E-state index in [9.17, 15) is 9.90 Å². The van der Waals surface area contributed by atoms with Gasteiger partial charge in [-0.15, -0.1) is 5.10 Å². The maximum atomic E-state index is 11.8. The zero-order valence-electron chi connectivity index (χ0n) is 13.8. The van der Waals surface area contributed by atoms with Crippen LogP contribution >= 0.6 is 11.8 Å². The highest BCUT2D eigenvalue weighted by Crippen LogP contribution is 2.22. The van der Waals surface area contributed by atoms with Crippen molar-refractivity contribution in [3.63, 3.8) is 0 Å². The molecule has 1 aliphatic rings. The first-order chi connectivity index (χ1) is 10.7. The van der Waals surface area contributed by atoms with Crippen molar-refractivity contribution in [2.75, 3.05) is 12.8 Å². The van der Waals surface area contributed by atoms with Gasteiger partial charge in [0.25, 0.3) is 0 Å². The van der Waals surface area contributed by atoms with E-state index in [4.69, 9.17) is 4.42 Å². The van der Waals surface area contributed by atoms with E-state index >= 15 is 0 Å². The van der Waals surface area contributed by atoms with Crippen molar-refractivity contribution in [2.24, 2.45) is 20.7 Å². The fourth-order valence-electron chi connectivity index (χ4n) is 1.87. The van der Waals surface area contributed by atoms with Crippen LogP contribution in [0.4, 0.5) is 0 Å². The highest BCUT2D eigenvalue weighted by atomic mass is 32.2. The average Bonchev–Trinajstić information content (AvgIpc) is 2.44. The summed E-state index contributed by atoms with van der Waals surface area (Å²) in [6.45, 7) is 8.21. The molecular formula is C15H20N4O3S. The van der Waals surface area contributed by atoms with Gasteiger partial charge >= 0.3 is 5.63 Å². The molecule has 0 fully saturated rings. The fraction of sp³-hybridized carbons (Fsp3) is 0.467. The standard InChI is InChI=1S/C15H20N4O3S/c1-9-6-11(20)10(13(21)22-9)7-16-19-8-12(15(2,3)4)17-18-14(19)23-5/h6-7,20H,8H2,1-5H3. The van der Waals surface area contributed by atoms with Crippen LogP contribution in [-0.4, -0.2) is 40.0 Å². The Morgan fingerprint density at radius 2 is 2.13 bits per heavy atom. The molecule has 0 spiro atoms. The molecule has 8 heteroatoms. The third-order valence-electron chi connectivity index (χ3n) is 3.24. The van der Waals surface area contributed by atoms with Gasteiger partial charge in [-0.1, -0.05) is 32.5 Å². The number of amidine groups is 1. The van der Waals surface area contributed by atoms with Crippen LogP contribution in [0, 0.1) is 12.3 Å². The number of aryl methyl sites for hydroxylation is 1. The molecule has 2 heterocycles. The van der Waals surface area contributed by atoms with Gasteiger partial charge < -0.3 is 9.52 Å². The largest absolute Gasteiger partial charge is 0.507 e. The molecule has 0 atom stereocenters. The van der Waals surface area contributed by atoms with E-state index in [0.29, 0.717) is 17.5 Å². The lowest BCUT2D eigenvalue weighted by Crippen LogP contribution is -2.38. The normalized spacial score (nSPS) is 15.8. The van der Waals surface area contributed by atoms with E-state index in [2.05, 4.69) is 15.3 Å². The summed E-state index contributed by atoms with van der Waals surface area (Å²) in [7, 11) is 0. The third kappa shape index (κ3) is 4.01. The Bertz CT molecular complexity index is 744. The van der Waals surface area contributed by atoms with Crippen LogP contribution < -0.4 is 5.63 Å². The molecule has 0 bridgehead atoms. The predicted octanol–water partition coefficient (Wildman–Crippen LogP) is 2.42. The Labute approximate surface area is 138 Å². The van der Waals surface area contributed by atoms with Crippen molar-refractivity contribution < 1.29 is 9.52 Å². The second-order valence-electron chi connectivity index (χ2n) is 6.13. The Balaban J connectivity index is 2.31. The van der Waals surface area contributed by atoms with Crippen molar-refractivity contribution in [1.82, 2.24) is 5.01 Å². The average molecular weight is 336 g/mol. The zero-order valence-corrected chi connectivity index (χ0v) is 14.6. The molecule has 0 unspecified atom stereocenters. The third-order valence-corrected chi connectivity index (χ3v) is 3.90. The number of aromatic hydroxyl groups is 1. The van der Waals surface area contributed by atoms with Gasteiger partial charge in [-0.05, 0) is 13.2 Å². The van der Waals surface area contributed by atoms with Gasteiger partial charge in [0.05, 0.1) is 18.5 Å². The van der Waals surface area contributed by atoms with Crippen LogP contribution in [0.5, 0.6) is 5.75 Å². The van der Waals surface area contributed by atoms with E-state index in [1.165, 1.54) is 24.0 Å². The maximum absolute atomic E-state index is 11.8. The number of hydrogen-bond acceptors (Lipinski definition) is 8. The number of rotatable bonds is 2. The van der Waals surface area contributed by atoms with Gasteiger partial charge in [-0.25, -0.2) is 9.80 Å². The SMILES string of the molecule is CSC1=NN=C(C(C)(C)C)CN1N=Cc1c(O)cc(C)oc1=O. The van der Waals surface area contributed by atoms with Crippen LogP contribution in [-0.2, 0) is 0 Å². The summed E-state index contributed by atoms with van der Waals surface area (Å²) in [5.74, 6) is 0.183. The van der Waals surface area contributed by atoms with Crippen molar-refractivity contribution in [2.45, 2.75) is 27.7 Å². The van der Waals surface area contributed by atoms with Crippen molar-refractivity contribution in [3.8, 4) is 5.75 Å². The molecule has 1 N–H and O–H groups in total. The predicted molar refractivity (Wildman–Crippen MR) is 93.5 cm³/mol. The lowest BCUT2D eigenvalue weighted by atomic mass is 9.90. The highest BCUT2D eigenvalue weighted by Gasteiger charge is 2.26. The van der Waals surface area contributed by atoms with Gasteiger partial charge in [0.1, 0.15) is 17.1 Å². The smallest absolute Gasteiger partial charge is 0.348 e. The van der Waals surface area contributed by atoms with Crippen LogP contribution in [0.25, 0.3) is 0 Å². The molecule has 0 saturated heterocycles. The Kier molecular flexibility index (Phi) is 4.93. The summed E-state index contributed by atoms with van der Waals surface area (Å²) in [4.78, 5) is 11.8. The van der Waals surface area contributed by atoms with Crippen molar-refractivity contribution >= 4 is 28.9 Å². The van der Waals surface area contributed by atoms with Crippen LogP contribution in [0.15, 0.2) is 30.6 Å². The van der Waals surface area contributed by atoms with Crippen molar-refractivity contribution in [1.29, 1.82) is 0 Å². The van der Waals surface area contributed by atoms with Gasteiger partial charge in [0.15, 0.2) is 0 Å². The first-order valence-corrected chi connectivity index (χ1v) is 8.29. The van der Waals surface area contributed by atoms with Gasteiger partial charge in [0, 0.05) is 11.5 Å². The van der Waals surface area contributed by atoms with Crippen LogP contribution in [0.3, 0.4) is 0 Å². The molecule has 0 aromatic carbocycles. The molecule has 0 radical (unpaired) electrons. The fourth-order valence-corrected chi connectivity index (χ4v) is 2.32. The molecule has 1 aromatic heterocycles. The van der Waals surface area contributed by atoms with Gasteiger partial charge in [0.2, 0.25) is 5.17 Å². The molecule has 1 aliphatic heterocycles. The summed E-state index contributed by atoms with van der Waals surface area (Å²) in [5.41, 5.74) is 0.130. The zero-order chi connectivity index (χ0) is 17.2. The highest BCUT2D eigenvalue weighted by molar-refractivity contribution is 8.13. The minimum Gasteiger partial charge on any atom is -0.507 e. The van der Waals surface area contributed by atoms with E-state index in [-0.39, 0.29) is 16.7 Å². The van der Waals surface area contributed by atoms with E-state index < -0.39 is 5.63 Å². The second-order valence-corrected chi connectivity index (χ2v) is 6.90. The summed E-state index contributed by atoms with van der Waals surface area (Å²) in [6, 6.07) is 1.38. The second kappa shape index (κ2) is 6.57. The van der Waals surface area contributed by atoms with Crippen LogP contribution in [0.1, 0.15) is 32.1 Å². The molecule has 0 amide bonds. The molecular weight excluding hydrogens is 316 g/mol. The Morgan fingerprint density at radius 1 is 1.43 bits per heavy atom. The molecule has 7 nitrogen and oxygen atoms in total. The number of nitrogens with zero attached hydrogens (tertiary/aromatic N) is 4. The van der Waals surface area contributed by atoms with Crippen LogP contribution in [0.2, 0.25) is 0 Å². The Morgan fingerprint density at radius 3 is 2.70 bits per heavy atom. The Hall–Kier alpha value is -2.09. The molecule has 124 valence electrons. The van der Waals surface area contributed by atoms with E-state index in [0.717, 1.165) is 5.71 Å². The maximum Gasteiger partial charge on any atom is 0.348 e. The molecule has 0 saturated carbocycles. The monoisotopic (exact) mass is 336 g/mol. The lowest BCUT2D eigenvalue weighted by Gasteiger charge is -2.28. The summed E-state index contributed by atoms with van der Waals surface area (Å²) < 4.78 is 4.97. The van der Waals surface area contributed by atoms with E-state index in [1.807, 2.05) is 27.0 Å². The summed E-state index contributed by atoms with van der Waals surface area (Å²) in [5, 5.41) is 24.8. The summed E-state index contributed by atoms with van der Waals surface area (Å²) in [6.07, 6.45) is 3.16. The molecule has 2 rings (SSSR count). The molecule has 1 aromatic rings. The van der Waals surface area contributed by atoms with Gasteiger partial charge in [-0.3, -0.25) is 0 Å².